The van der Waals surface area contributed by atoms with Crippen molar-refractivity contribution in [1.29, 1.82) is 0 Å². The van der Waals surface area contributed by atoms with E-state index in [1.807, 2.05) is 18.4 Å². The Hall–Kier alpha value is -0.870. The van der Waals surface area contributed by atoms with E-state index in [4.69, 9.17) is 5.11 Å². The van der Waals surface area contributed by atoms with E-state index in [-0.39, 0.29) is 11.8 Å². The van der Waals surface area contributed by atoms with Crippen LogP contribution in [0, 0.1) is 12.3 Å². The van der Waals surface area contributed by atoms with Gasteiger partial charge in [0, 0.05) is 4.88 Å². The molecule has 2 N–H and O–H groups in total. The summed E-state index contributed by atoms with van der Waals surface area (Å²) in [5, 5.41) is 21.4. The van der Waals surface area contributed by atoms with Gasteiger partial charge in [-0.05, 0) is 48.6 Å². The number of aliphatic hydroxyl groups excluding tert-OH is 1. The van der Waals surface area contributed by atoms with Crippen LogP contribution in [0.4, 0.5) is 0 Å². The summed E-state index contributed by atoms with van der Waals surface area (Å²) in [5.41, 5.74) is 0.915. The second-order valence-electron chi connectivity index (χ2n) is 5.47. The first kappa shape index (κ1) is 13.6. The minimum absolute atomic E-state index is 0.189. The zero-order chi connectivity index (χ0) is 13.2. The molecule has 0 saturated heterocycles. The van der Waals surface area contributed by atoms with Crippen LogP contribution < -0.4 is 0 Å². The second-order valence-corrected chi connectivity index (χ2v) is 6.41. The molecule has 0 amide bonds. The number of hydrogen-bond donors (Lipinski definition) is 2. The van der Waals surface area contributed by atoms with Gasteiger partial charge in [-0.1, -0.05) is 12.8 Å². The molecule has 1 aliphatic rings. The van der Waals surface area contributed by atoms with E-state index in [1.165, 1.54) is 0 Å². The normalized spacial score (nSPS) is 19.9. The number of aryl methyl sites for hydroxylation is 1. The monoisotopic (exact) mass is 268 g/mol. The average Bonchev–Trinajstić information content (AvgIpc) is 2.86. The van der Waals surface area contributed by atoms with Gasteiger partial charge in [0.05, 0.1) is 12.5 Å². The number of hydrogen-bond acceptors (Lipinski definition) is 3. The Morgan fingerprint density at radius 3 is 2.67 bits per heavy atom. The van der Waals surface area contributed by atoms with Crippen LogP contribution in [0.1, 0.15) is 55.1 Å². The minimum Gasteiger partial charge on any atom is -0.481 e. The van der Waals surface area contributed by atoms with Crippen molar-refractivity contribution in [3.05, 3.63) is 21.9 Å². The van der Waals surface area contributed by atoms with Crippen molar-refractivity contribution in [3.63, 3.8) is 0 Å². The number of aliphatic carboxylic acids is 1. The highest BCUT2D eigenvalue weighted by Crippen LogP contribution is 2.47. The summed E-state index contributed by atoms with van der Waals surface area (Å²) in [7, 11) is 0. The summed E-state index contributed by atoms with van der Waals surface area (Å²) < 4.78 is 0. The van der Waals surface area contributed by atoms with Gasteiger partial charge in [0.2, 0.25) is 0 Å². The maximum Gasteiger partial charge on any atom is 0.303 e. The van der Waals surface area contributed by atoms with E-state index < -0.39 is 12.1 Å². The van der Waals surface area contributed by atoms with Crippen LogP contribution in [0.3, 0.4) is 0 Å². The molecule has 0 spiro atoms. The van der Waals surface area contributed by atoms with E-state index >= 15 is 0 Å². The van der Waals surface area contributed by atoms with Crippen LogP contribution in [0.15, 0.2) is 11.4 Å². The lowest BCUT2D eigenvalue weighted by Gasteiger charge is -2.29. The van der Waals surface area contributed by atoms with Crippen LogP contribution >= 0.6 is 11.3 Å². The lowest BCUT2D eigenvalue weighted by atomic mass is 9.77. The van der Waals surface area contributed by atoms with Gasteiger partial charge in [-0.25, -0.2) is 0 Å². The number of thiophene rings is 1. The summed E-state index contributed by atoms with van der Waals surface area (Å²) in [6, 6.07) is 2.00. The Morgan fingerprint density at radius 1 is 1.50 bits per heavy atom. The van der Waals surface area contributed by atoms with Crippen LogP contribution in [0.2, 0.25) is 0 Å². The molecular formula is C14H20O3S. The number of carbonyl (C=O) groups is 1. The van der Waals surface area contributed by atoms with Gasteiger partial charge >= 0.3 is 5.97 Å². The van der Waals surface area contributed by atoms with Crippen LogP contribution in [0.25, 0.3) is 0 Å². The summed E-state index contributed by atoms with van der Waals surface area (Å²) in [5.74, 6) is -0.744. The van der Waals surface area contributed by atoms with Crippen molar-refractivity contribution in [2.24, 2.45) is 5.41 Å². The van der Waals surface area contributed by atoms with Crippen molar-refractivity contribution in [1.82, 2.24) is 0 Å². The van der Waals surface area contributed by atoms with E-state index in [2.05, 4.69) is 0 Å². The number of carboxylic acid groups (broad SMARTS) is 1. The van der Waals surface area contributed by atoms with Crippen molar-refractivity contribution >= 4 is 17.3 Å². The second kappa shape index (κ2) is 5.41. The molecule has 1 heterocycles. The first-order chi connectivity index (χ1) is 8.52. The van der Waals surface area contributed by atoms with E-state index in [0.717, 1.165) is 36.1 Å². The zero-order valence-corrected chi connectivity index (χ0v) is 11.5. The van der Waals surface area contributed by atoms with Gasteiger partial charge in [-0.2, -0.15) is 0 Å². The fraction of sp³-hybridized carbons (Fsp3) is 0.643. The number of aliphatic hydroxyl groups is 1. The summed E-state index contributed by atoms with van der Waals surface area (Å²) in [6.45, 7) is 1.99. The van der Waals surface area contributed by atoms with Crippen LogP contribution in [-0.2, 0) is 4.79 Å². The molecule has 100 valence electrons. The predicted molar refractivity (Wildman–Crippen MR) is 71.8 cm³/mol. The van der Waals surface area contributed by atoms with Crippen LogP contribution in [-0.4, -0.2) is 16.2 Å². The van der Waals surface area contributed by atoms with Crippen LogP contribution in [0.5, 0.6) is 0 Å². The quantitative estimate of drug-likeness (QED) is 0.859. The topological polar surface area (TPSA) is 57.5 Å². The van der Waals surface area contributed by atoms with Gasteiger partial charge in [0.15, 0.2) is 0 Å². The van der Waals surface area contributed by atoms with E-state index in [0.29, 0.717) is 6.42 Å². The molecule has 1 aliphatic carbocycles. The largest absolute Gasteiger partial charge is 0.481 e. The van der Waals surface area contributed by atoms with Crippen molar-refractivity contribution in [3.8, 4) is 0 Å². The highest BCUT2D eigenvalue weighted by Gasteiger charge is 2.38. The van der Waals surface area contributed by atoms with E-state index in [1.54, 1.807) is 11.3 Å². The Morgan fingerprint density at radius 2 is 2.17 bits per heavy atom. The molecule has 1 aromatic rings. The lowest BCUT2D eigenvalue weighted by molar-refractivity contribution is -0.140. The molecule has 0 aromatic carbocycles. The fourth-order valence-electron chi connectivity index (χ4n) is 3.13. The molecule has 1 unspecified atom stereocenters. The van der Waals surface area contributed by atoms with Crippen molar-refractivity contribution < 1.29 is 15.0 Å². The first-order valence-corrected chi connectivity index (χ1v) is 7.34. The molecule has 0 bridgehead atoms. The fourth-order valence-corrected chi connectivity index (χ4v) is 4.04. The summed E-state index contributed by atoms with van der Waals surface area (Å²) >= 11 is 1.56. The number of rotatable bonds is 5. The molecule has 18 heavy (non-hydrogen) atoms. The van der Waals surface area contributed by atoms with Crippen molar-refractivity contribution in [2.45, 2.75) is 51.6 Å². The Balaban J connectivity index is 2.10. The maximum atomic E-state index is 11.0. The third-order valence-corrected chi connectivity index (χ3v) is 5.14. The van der Waals surface area contributed by atoms with Gasteiger partial charge < -0.3 is 10.2 Å². The Labute approximate surface area is 111 Å². The summed E-state index contributed by atoms with van der Waals surface area (Å²) in [6.07, 6.45) is 4.30. The number of carboxylic acids is 1. The Kier molecular flexibility index (Phi) is 4.07. The molecule has 1 aromatic heterocycles. The molecule has 1 fully saturated rings. The molecule has 4 heteroatoms. The highest BCUT2D eigenvalue weighted by molar-refractivity contribution is 7.10. The Bertz CT molecular complexity index is 418. The lowest BCUT2D eigenvalue weighted by Crippen LogP contribution is -2.23. The van der Waals surface area contributed by atoms with Gasteiger partial charge in [0.25, 0.3) is 0 Å². The van der Waals surface area contributed by atoms with Gasteiger partial charge in [0.1, 0.15) is 0 Å². The zero-order valence-electron chi connectivity index (χ0n) is 10.7. The minimum atomic E-state index is -0.744. The molecule has 3 nitrogen and oxygen atoms in total. The van der Waals surface area contributed by atoms with Crippen molar-refractivity contribution in [2.75, 3.05) is 0 Å². The highest BCUT2D eigenvalue weighted by atomic mass is 32.1. The maximum absolute atomic E-state index is 11.0. The van der Waals surface area contributed by atoms with Gasteiger partial charge in [-0.15, -0.1) is 11.3 Å². The SMILES string of the molecule is Cc1ccsc1C(O)CC1(CC(=O)O)CCCC1. The summed E-state index contributed by atoms with van der Waals surface area (Å²) in [4.78, 5) is 12.0. The average molecular weight is 268 g/mol. The molecule has 0 aliphatic heterocycles. The molecule has 1 saturated carbocycles. The van der Waals surface area contributed by atoms with E-state index in [9.17, 15) is 9.90 Å². The third-order valence-electron chi connectivity index (χ3n) is 4.02. The molecular weight excluding hydrogens is 248 g/mol. The molecule has 1 atom stereocenters. The van der Waals surface area contributed by atoms with Gasteiger partial charge in [-0.3, -0.25) is 4.79 Å². The molecule has 2 rings (SSSR count). The smallest absolute Gasteiger partial charge is 0.303 e. The standard InChI is InChI=1S/C14H20O3S/c1-10-4-7-18-13(10)11(15)8-14(9-12(16)17)5-2-3-6-14/h4,7,11,15H,2-3,5-6,8-9H2,1H3,(H,16,17). The predicted octanol–water partition coefficient (Wildman–Crippen LogP) is 3.52. The molecule has 0 radical (unpaired) electrons. The third kappa shape index (κ3) is 2.93. The first-order valence-electron chi connectivity index (χ1n) is 6.46.